The van der Waals surface area contributed by atoms with Crippen LogP contribution in [0.15, 0.2) is 6.20 Å². The second-order valence-electron chi connectivity index (χ2n) is 4.58. The molecule has 0 saturated heterocycles. The van der Waals surface area contributed by atoms with Crippen molar-refractivity contribution in [2.24, 2.45) is 7.05 Å². The molecule has 0 fully saturated rings. The minimum absolute atomic E-state index is 0.195. The van der Waals surface area contributed by atoms with E-state index in [0.29, 0.717) is 12.1 Å². The molecule has 94 valence electrons. The van der Waals surface area contributed by atoms with Crippen LogP contribution in [0.1, 0.15) is 40.8 Å². The van der Waals surface area contributed by atoms with E-state index in [2.05, 4.69) is 17.0 Å². The third-order valence-corrected chi connectivity index (χ3v) is 4.39. The van der Waals surface area contributed by atoms with Crippen LogP contribution in [0.2, 0.25) is 0 Å². The molecule has 5 heteroatoms. The molecule has 0 radical (unpaired) electrons. The van der Waals surface area contributed by atoms with Crippen molar-refractivity contribution in [1.82, 2.24) is 14.8 Å². The Morgan fingerprint density at radius 3 is 3.00 bits per heavy atom. The summed E-state index contributed by atoms with van der Waals surface area (Å²) in [6.45, 7) is 2.09. The van der Waals surface area contributed by atoms with Crippen molar-refractivity contribution in [2.75, 3.05) is 0 Å². The molecule has 1 aliphatic rings. The van der Waals surface area contributed by atoms with Crippen molar-refractivity contribution < 1.29 is 4.79 Å². The summed E-state index contributed by atoms with van der Waals surface area (Å²) in [5.74, 6) is 0.195. The smallest absolute Gasteiger partial charge is 0.182 e. The SMILES string of the molecule is CCc1nn(C)cc1-c1nc2c(s1)CCCC2=O. The number of aryl methyl sites for hydroxylation is 3. The Labute approximate surface area is 110 Å². The highest BCUT2D eigenvalue weighted by Gasteiger charge is 2.24. The number of ketones is 1. The van der Waals surface area contributed by atoms with Gasteiger partial charge in [0.25, 0.3) is 0 Å². The molecule has 4 nitrogen and oxygen atoms in total. The third kappa shape index (κ3) is 1.79. The summed E-state index contributed by atoms with van der Waals surface area (Å²) in [6.07, 6.45) is 5.47. The lowest BCUT2D eigenvalue weighted by atomic mass is 10.0. The van der Waals surface area contributed by atoms with Crippen molar-refractivity contribution in [3.63, 3.8) is 0 Å². The molecule has 0 amide bonds. The van der Waals surface area contributed by atoms with Crippen LogP contribution in [-0.2, 0) is 19.9 Å². The third-order valence-electron chi connectivity index (χ3n) is 3.24. The van der Waals surface area contributed by atoms with E-state index < -0.39 is 0 Å². The Kier molecular flexibility index (Phi) is 2.78. The molecule has 1 aliphatic carbocycles. The Morgan fingerprint density at radius 2 is 2.28 bits per heavy atom. The fourth-order valence-corrected chi connectivity index (χ4v) is 3.51. The predicted molar refractivity (Wildman–Crippen MR) is 71.0 cm³/mol. The minimum atomic E-state index is 0.195. The van der Waals surface area contributed by atoms with Gasteiger partial charge in [0.2, 0.25) is 0 Å². The number of thiazole rings is 1. The summed E-state index contributed by atoms with van der Waals surface area (Å²) < 4.78 is 1.82. The molecule has 0 aromatic carbocycles. The highest BCUT2D eigenvalue weighted by Crippen LogP contribution is 2.33. The number of carbonyl (C=O) groups is 1. The van der Waals surface area contributed by atoms with Crippen molar-refractivity contribution in [3.05, 3.63) is 22.5 Å². The number of carbonyl (C=O) groups excluding carboxylic acids is 1. The van der Waals surface area contributed by atoms with Crippen molar-refractivity contribution >= 4 is 17.1 Å². The van der Waals surface area contributed by atoms with Gasteiger partial charge in [-0.3, -0.25) is 9.48 Å². The molecule has 3 rings (SSSR count). The van der Waals surface area contributed by atoms with Gasteiger partial charge >= 0.3 is 0 Å². The van der Waals surface area contributed by atoms with E-state index >= 15 is 0 Å². The first-order valence-corrected chi connectivity index (χ1v) is 7.06. The van der Waals surface area contributed by atoms with Gasteiger partial charge in [-0.15, -0.1) is 11.3 Å². The summed E-state index contributed by atoms with van der Waals surface area (Å²) in [5, 5.41) is 5.37. The standard InChI is InChI=1S/C13H15N3OS/c1-3-9-8(7-16(2)15-9)13-14-12-10(17)5-4-6-11(12)18-13/h7H,3-6H2,1-2H3. The van der Waals surface area contributed by atoms with Gasteiger partial charge in [0.15, 0.2) is 5.78 Å². The average Bonchev–Trinajstić information content (AvgIpc) is 2.92. The van der Waals surface area contributed by atoms with Crippen LogP contribution in [-0.4, -0.2) is 20.5 Å². The first-order chi connectivity index (χ1) is 8.69. The van der Waals surface area contributed by atoms with Crippen LogP contribution < -0.4 is 0 Å². The molecule has 2 heterocycles. The molecule has 2 aromatic rings. The maximum atomic E-state index is 11.8. The number of rotatable bonds is 2. The fourth-order valence-electron chi connectivity index (χ4n) is 2.36. The van der Waals surface area contributed by atoms with Gasteiger partial charge < -0.3 is 0 Å². The summed E-state index contributed by atoms with van der Waals surface area (Å²) in [7, 11) is 1.92. The van der Waals surface area contributed by atoms with Gasteiger partial charge in [-0.25, -0.2) is 4.98 Å². The summed E-state index contributed by atoms with van der Waals surface area (Å²) in [6, 6.07) is 0. The monoisotopic (exact) mass is 261 g/mol. The molecule has 18 heavy (non-hydrogen) atoms. The normalized spacial score (nSPS) is 14.9. The van der Waals surface area contributed by atoms with Crippen molar-refractivity contribution in [1.29, 1.82) is 0 Å². The van der Waals surface area contributed by atoms with E-state index in [0.717, 1.165) is 40.4 Å². The lowest BCUT2D eigenvalue weighted by Gasteiger charge is -2.06. The van der Waals surface area contributed by atoms with Crippen LogP contribution in [0.25, 0.3) is 10.6 Å². The van der Waals surface area contributed by atoms with Gasteiger partial charge in [-0.2, -0.15) is 5.10 Å². The summed E-state index contributed by atoms with van der Waals surface area (Å²) in [4.78, 5) is 17.5. The van der Waals surface area contributed by atoms with Crippen LogP contribution in [0, 0.1) is 0 Å². The molecule has 0 bridgehead atoms. The maximum Gasteiger partial charge on any atom is 0.182 e. The molecule has 0 saturated carbocycles. The average molecular weight is 261 g/mol. The van der Waals surface area contributed by atoms with Crippen LogP contribution in [0.5, 0.6) is 0 Å². The molecule has 0 N–H and O–H groups in total. The molecule has 0 atom stereocenters. The largest absolute Gasteiger partial charge is 0.292 e. The van der Waals surface area contributed by atoms with Gasteiger partial charge in [0.05, 0.1) is 11.3 Å². The number of hydrogen-bond acceptors (Lipinski definition) is 4. The number of nitrogens with zero attached hydrogens (tertiary/aromatic N) is 3. The Morgan fingerprint density at radius 1 is 1.44 bits per heavy atom. The minimum Gasteiger partial charge on any atom is -0.292 e. The van der Waals surface area contributed by atoms with E-state index in [1.54, 1.807) is 11.3 Å². The first-order valence-electron chi connectivity index (χ1n) is 6.25. The maximum absolute atomic E-state index is 11.8. The summed E-state index contributed by atoms with van der Waals surface area (Å²) in [5.41, 5.74) is 2.83. The second-order valence-corrected chi connectivity index (χ2v) is 5.67. The van der Waals surface area contributed by atoms with E-state index in [4.69, 9.17) is 0 Å². The fraction of sp³-hybridized carbons (Fsp3) is 0.462. The Bertz CT molecular complexity index is 612. The lowest BCUT2D eigenvalue weighted by Crippen LogP contribution is -2.08. The quantitative estimate of drug-likeness (QED) is 0.835. The number of hydrogen-bond donors (Lipinski definition) is 0. The van der Waals surface area contributed by atoms with E-state index in [-0.39, 0.29) is 5.78 Å². The van der Waals surface area contributed by atoms with Gasteiger partial charge in [0, 0.05) is 24.5 Å². The van der Waals surface area contributed by atoms with E-state index in [1.807, 2.05) is 17.9 Å². The zero-order valence-corrected chi connectivity index (χ0v) is 11.4. The molecule has 2 aromatic heterocycles. The van der Waals surface area contributed by atoms with Gasteiger partial charge in [-0.05, 0) is 19.3 Å². The number of Topliss-reactive ketones (excluding diaryl/α,β-unsaturated/α-hetero) is 1. The highest BCUT2D eigenvalue weighted by atomic mass is 32.1. The van der Waals surface area contributed by atoms with E-state index in [1.165, 1.54) is 0 Å². The molecule has 0 spiro atoms. The van der Waals surface area contributed by atoms with Crippen LogP contribution in [0.3, 0.4) is 0 Å². The van der Waals surface area contributed by atoms with Crippen molar-refractivity contribution in [3.8, 4) is 10.6 Å². The number of fused-ring (bicyclic) bond motifs is 1. The number of aromatic nitrogens is 3. The molecule has 0 unspecified atom stereocenters. The zero-order chi connectivity index (χ0) is 12.7. The first kappa shape index (κ1) is 11.6. The second kappa shape index (κ2) is 4.31. The predicted octanol–water partition coefficient (Wildman–Crippen LogP) is 2.63. The zero-order valence-electron chi connectivity index (χ0n) is 10.6. The molecule has 0 aliphatic heterocycles. The highest BCUT2D eigenvalue weighted by molar-refractivity contribution is 7.15. The van der Waals surface area contributed by atoms with Crippen molar-refractivity contribution in [2.45, 2.75) is 32.6 Å². The summed E-state index contributed by atoms with van der Waals surface area (Å²) >= 11 is 1.65. The topological polar surface area (TPSA) is 47.8 Å². The lowest BCUT2D eigenvalue weighted by molar-refractivity contribution is 0.0968. The van der Waals surface area contributed by atoms with Crippen LogP contribution in [0.4, 0.5) is 0 Å². The molecular formula is C13H15N3OS. The van der Waals surface area contributed by atoms with Crippen LogP contribution >= 0.6 is 11.3 Å². The van der Waals surface area contributed by atoms with E-state index in [9.17, 15) is 4.79 Å². The Hall–Kier alpha value is -1.49. The molecular weight excluding hydrogens is 246 g/mol. The van der Waals surface area contributed by atoms with Gasteiger partial charge in [0.1, 0.15) is 10.7 Å². The Balaban J connectivity index is 2.09. The van der Waals surface area contributed by atoms with Gasteiger partial charge in [-0.1, -0.05) is 6.92 Å².